The van der Waals surface area contributed by atoms with E-state index in [1.54, 1.807) is 18.3 Å². The average molecular weight is 375 g/mol. The molecule has 0 aliphatic rings. The maximum Gasteiger partial charge on any atom is 0.253 e. The highest BCUT2D eigenvalue weighted by molar-refractivity contribution is 5.94. The maximum absolute atomic E-state index is 12.4. The van der Waals surface area contributed by atoms with E-state index in [0.29, 0.717) is 17.9 Å². The van der Waals surface area contributed by atoms with Gasteiger partial charge in [-0.25, -0.2) is 4.98 Å². The second-order valence-corrected chi connectivity index (χ2v) is 6.89. The third-order valence-corrected chi connectivity index (χ3v) is 4.07. The monoisotopic (exact) mass is 375 g/mol. The number of aryl methyl sites for hydroxylation is 1. The van der Waals surface area contributed by atoms with E-state index in [-0.39, 0.29) is 12.0 Å². The molecule has 0 atom stereocenters. The summed E-state index contributed by atoms with van der Waals surface area (Å²) in [6.45, 7) is 6.49. The number of nitrogens with one attached hydrogen (secondary N) is 2. The lowest BCUT2D eigenvalue weighted by atomic mass is 10.1. The Kier molecular flexibility index (Phi) is 6.27. The van der Waals surface area contributed by atoms with E-state index in [4.69, 9.17) is 4.74 Å². The molecule has 3 rings (SSSR count). The number of rotatable bonds is 7. The van der Waals surface area contributed by atoms with Gasteiger partial charge in [0.25, 0.3) is 5.91 Å². The molecule has 2 aromatic carbocycles. The Morgan fingerprint density at radius 3 is 2.61 bits per heavy atom. The van der Waals surface area contributed by atoms with Crippen LogP contribution in [0, 0.1) is 6.92 Å². The van der Waals surface area contributed by atoms with Crippen LogP contribution in [-0.2, 0) is 6.54 Å². The summed E-state index contributed by atoms with van der Waals surface area (Å²) < 4.78 is 5.81. The fourth-order valence-electron chi connectivity index (χ4n) is 2.77. The molecule has 0 aliphatic carbocycles. The summed E-state index contributed by atoms with van der Waals surface area (Å²) >= 11 is 0. The first-order valence-corrected chi connectivity index (χ1v) is 9.34. The van der Waals surface area contributed by atoms with Crippen LogP contribution in [0.4, 0.5) is 11.5 Å². The Morgan fingerprint density at radius 1 is 1.07 bits per heavy atom. The van der Waals surface area contributed by atoms with Gasteiger partial charge in [0, 0.05) is 12.7 Å². The van der Waals surface area contributed by atoms with E-state index in [9.17, 15) is 4.79 Å². The smallest absolute Gasteiger partial charge is 0.253 e. The number of amides is 1. The molecule has 28 heavy (non-hydrogen) atoms. The van der Waals surface area contributed by atoms with Gasteiger partial charge in [0.2, 0.25) is 0 Å². The summed E-state index contributed by atoms with van der Waals surface area (Å²) in [4.78, 5) is 16.7. The van der Waals surface area contributed by atoms with E-state index in [2.05, 4.69) is 21.7 Å². The van der Waals surface area contributed by atoms with E-state index in [1.165, 1.54) is 5.56 Å². The van der Waals surface area contributed by atoms with Crippen molar-refractivity contribution in [2.24, 2.45) is 0 Å². The number of carbonyl (C=O) groups excluding carboxylic acids is 1. The second kappa shape index (κ2) is 9.04. The molecule has 0 aliphatic heterocycles. The van der Waals surface area contributed by atoms with Crippen LogP contribution in [0.1, 0.15) is 35.3 Å². The SMILES string of the molecule is Cc1cccc(CNC(=O)c2ccc(Nc3ccccc3OC(C)C)nc2)c1. The second-order valence-electron chi connectivity index (χ2n) is 6.89. The molecule has 0 saturated carbocycles. The summed E-state index contributed by atoms with van der Waals surface area (Å²) in [6, 6.07) is 19.3. The number of benzene rings is 2. The van der Waals surface area contributed by atoms with Crippen molar-refractivity contribution in [1.82, 2.24) is 10.3 Å². The maximum atomic E-state index is 12.4. The summed E-state index contributed by atoms with van der Waals surface area (Å²) in [5, 5.41) is 6.16. The predicted molar refractivity (Wildman–Crippen MR) is 112 cm³/mol. The molecule has 2 N–H and O–H groups in total. The number of carbonyl (C=O) groups is 1. The Hall–Kier alpha value is -3.34. The molecule has 144 valence electrons. The van der Waals surface area contributed by atoms with Crippen molar-refractivity contribution < 1.29 is 9.53 Å². The van der Waals surface area contributed by atoms with Crippen molar-refractivity contribution >= 4 is 17.4 Å². The third kappa shape index (κ3) is 5.33. The number of hydrogen-bond donors (Lipinski definition) is 2. The number of para-hydroxylation sites is 2. The van der Waals surface area contributed by atoms with Gasteiger partial charge in [-0.05, 0) is 50.6 Å². The predicted octanol–water partition coefficient (Wildman–Crippen LogP) is 4.85. The Balaban J connectivity index is 1.63. The standard InChI is InChI=1S/C23H25N3O2/c1-16(2)28-21-10-5-4-9-20(21)26-22-12-11-19(15-24-22)23(27)25-14-18-8-6-7-17(3)13-18/h4-13,15-16H,14H2,1-3H3,(H,24,26)(H,25,27). The van der Waals surface area contributed by atoms with Crippen LogP contribution in [0.5, 0.6) is 5.75 Å². The van der Waals surface area contributed by atoms with Gasteiger partial charge in [-0.1, -0.05) is 42.0 Å². The molecule has 1 amide bonds. The Morgan fingerprint density at radius 2 is 1.89 bits per heavy atom. The number of nitrogens with zero attached hydrogens (tertiary/aromatic N) is 1. The van der Waals surface area contributed by atoms with Crippen LogP contribution in [0.3, 0.4) is 0 Å². The lowest BCUT2D eigenvalue weighted by Crippen LogP contribution is -2.22. The molecule has 1 heterocycles. The van der Waals surface area contributed by atoms with Crippen molar-refractivity contribution in [3.05, 3.63) is 83.6 Å². The first-order valence-electron chi connectivity index (χ1n) is 9.34. The molecule has 0 fully saturated rings. The topological polar surface area (TPSA) is 63.2 Å². The van der Waals surface area contributed by atoms with E-state index >= 15 is 0 Å². The van der Waals surface area contributed by atoms with Gasteiger partial charge < -0.3 is 15.4 Å². The summed E-state index contributed by atoms with van der Waals surface area (Å²) in [7, 11) is 0. The van der Waals surface area contributed by atoms with Gasteiger partial charge in [0.05, 0.1) is 17.4 Å². The molecular formula is C23H25N3O2. The van der Waals surface area contributed by atoms with Crippen LogP contribution in [0.25, 0.3) is 0 Å². The molecule has 3 aromatic rings. The molecule has 0 bridgehead atoms. The third-order valence-electron chi connectivity index (χ3n) is 4.07. The zero-order chi connectivity index (χ0) is 19.9. The molecular weight excluding hydrogens is 350 g/mol. The number of ether oxygens (including phenoxy) is 1. The first-order chi connectivity index (χ1) is 13.5. The van der Waals surface area contributed by atoms with Gasteiger partial charge in [0.15, 0.2) is 0 Å². The van der Waals surface area contributed by atoms with E-state index < -0.39 is 0 Å². The van der Waals surface area contributed by atoms with Crippen LogP contribution in [-0.4, -0.2) is 17.0 Å². The van der Waals surface area contributed by atoms with Crippen LogP contribution >= 0.6 is 0 Å². The minimum atomic E-state index is -0.149. The molecule has 0 saturated heterocycles. The quantitative estimate of drug-likeness (QED) is 0.620. The molecule has 1 aromatic heterocycles. The van der Waals surface area contributed by atoms with Gasteiger partial charge in [-0.15, -0.1) is 0 Å². The number of pyridine rings is 1. The lowest BCUT2D eigenvalue weighted by Gasteiger charge is -2.15. The minimum absolute atomic E-state index is 0.0791. The average Bonchev–Trinajstić information content (AvgIpc) is 2.68. The number of aromatic nitrogens is 1. The Labute approximate surface area is 165 Å². The summed E-state index contributed by atoms with van der Waals surface area (Å²) in [5.74, 6) is 1.26. The molecule has 5 nitrogen and oxygen atoms in total. The Bertz CT molecular complexity index is 937. The summed E-state index contributed by atoms with van der Waals surface area (Å²) in [5.41, 5.74) is 3.59. The zero-order valence-electron chi connectivity index (χ0n) is 16.4. The zero-order valence-corrected chi connectivity index (χ0v) is 16.4. The van der Waals surface area contributed by atoms with Crippen LogP contribution < -0.4 is 15.4 Å². The fraction of sp³-hybridized carbons (Fsp3) is 0.217. The van der Waals surface area contributed by atoms with Crippen molar-refractivity contribution in [3.8, 4) is 5.75 Å². The number of hydrogen-bond acceptors (Lipinski definition) is 4. The van der Waals surface area contributed by atoms with Crippen molar-refractivity contribution in [2.45, 2.75) is 33.4 Å². The van der Waals surface area contributed by atoms with E-state index in [0.717, 1.165) is 17.0 Å². The molecule has 5 heteroatoms. The normalized spacial score (nSPS) is 10.6. The molecule has 0 spiro atoms. The van der Waals surface area contributed by atoms with Gasteiger partial charge >= 0.3 is 0 Å². The summed E-state index contributed by atoms with van der Waals surface area (Å²) in [6.07, 6.45) is 1.65. The van der Waals surface area contributed by atoms with Crippen LogP contribution in [0.2, 0.25) is 0 Å². The largest absolute Gasteiger partial charge is 0.489 e. The highest BCUT2D eigenvalue weighted by Gasteiger charge is 2.09. The van der Waals surface area contributed by atoms with Crippen molar-refractivity contribution in [1.29, 1.82) is 0 Å². The molecule has 0 unspecified atom stereocenters. The van der Waals surface area contributed by atoms with Crippen LogP contribution in [0.15, 0.2) is 66.9 Å². The van der Waals surface area contributed by atoms with Crippen molar-refractivity contribution in [2.75, 3.05) is 5.32 Å². The lowest BCUT2D eigenvalue weighted by molar-refractivity contribution is 0.0950. The fourth-order valence-corrected chi connectivity index (χ4v) is 2.77. The van der Waals surface area contributed by atoms with E-state index in [1.807, 2.05) is 63.2 Å². The highest BCUT2D eigenvalue weighted by Crippen LogP contribution is 2.27. The molecule has 0 radical (unpaired) electrons. The minimum Gasteiger partial charge on any atom is -0.489 e. The number of anilines is 2. The van der Waals surface area contributed by atoms with Gasteiger partial charge in [0.1, 0.15) is 11.6 Å². The highest BCUT2D eigenvalue weighted by atomic mass is 16.5. The first kappa shape index (κ1) is 19.4. The van der Waals surface area contributed by atoms with Gasteiger partial charge in [-0.2, -0.15) is 0 Å². The van der Waals surface area contributed by atoms with Gasteiger partial charge in [-0.3, -0.25) is 4.79 Å². The van der Waals surface area contributed by atoms with Crippen molar-refractivity contribution in [3.63, 3.8) is 0 Å².